The Hall–Kier alpha value is -2.17. The van der Waals surface area contributed by atoms with E-state index >= 15 is 0 Å². The van der Waals surface area contributed by atoms with E-state index in [1.807, 2.05) is 29.0 Å². The zero-order chi connectivity index (χ0) is 11.4. The first-order valence-electron chi connectivity index (χ1n) is 4.90. The smallest absolute Gasteiger partial charge is 0.346 e. The quantitative estimate of drug-likeness (QED) is 0.751. The van der Waals surface area contributed by atoms with Gasteiger partial charge in [-0.25, -0.2) is 13.9 Å². The molecule has 0 aliphatic heterocycles. The molecular formula is C11H12N3O2+. The first-order valence-corrected chi connectivity index (χ1v) is 4.90. The zero-order valence-electron chi connectivity index (χ0n) is 8.65. The minimum atomic E-state index is -0.847. The van der Waals surface area contributed by atoms with Gasteiger partial charge in [0.1, 0.15) is 18.9 Å². The molecule has 16 heavy (non-hydrogen) atoms. The fraction of sp³-hybridized carbons (Fsp3) is 0.182. The van der Waals surface area contributed by atoms with Crippen molar-refractivity contribution in [3.8, 4) is 0 Å². The van der Waals surface area contributed by atoms with Crippen LogP contribution in [0.15, 0.2) is 43.1 Å². The van der Waals surface area contributed by atoms with Crippen LogP contribution in [0, 0.1) is 0 Å². The number of aliphatic carboxylic acids is 1. The lowest BCUT2D eigenvalue weighted by atomic mass is 10.3. The van der Waals surface area contributed by atoms with Crippen LogP contribution in [0.25, 0.3) is 0 Å². The van der Waals surface area contributed by atoms with Crippen LogP contribution in [-0.2, 0) is 17.9 Å². The third-order valence-electron chi connectivity index (χ3n) is 2.13. The van der Waals surface area contributed by atoms with Crippen molar-refractivity contribution < 1.29 is 14.5 Å². The molecule has 0 fully saturated rings. The Morgan fingerprint density at radius 1 is 1.50 bits per heavy atom. The van der Waals surface area contributed by atoms with E-state index in [2.05, 4.69) is 4.98 Å². The molecular weight excluding hydrogens is 206 g/mol. The molecule has 0 saturated heterocycles. The summed E-state index contributed by atoms with van der Waals surface area (Å²) in [5.41, 5.74) is 0.945. The van der Waals surface area contributed by atoms with Crippen molar-refractivity contribution in [3.63, 3.8) is 0 Å². The number of carboxylic acids is 1. The van der Waals surface area contributed by atoms with Gasteiger partial charge in [0.25, 0.3) is 0 Å². The monoisotopic (exact) mass is 218 g/mol. The summed E-state index contributed by atoms with van der Waals surface area (Å²) < 4.78 is 3.51. The van der Waals surface area contributed by atoms with Crippen LogP contribution in [0.1, 0.15) is 5.69 Å². The molecule has 0 spiro atoms. The highest BCUT2D eigenvalue weighted by atomic mass is 16.4. The summed E-state index contributed by atoms with van der Waals surface area (Å²) in [7, 11) is 0. The molecule has 2 aromatic heterocycles. The van der Waals surface area contributed by atoms with Crippen LogP contribution < -0.4 is 4.57 Å². The van der Waals surface area contributed by atoms with Crippen molar-refractivity contribution in [2.45, 2.75) is 13.1 Å². The molecule has 5 heteroatoms. The average molecular weight is 218 g/mol. The van der Waals surface area contributed by atoms with E-state index in [0.717, 1.165) is 5.69 Å². The highest BCUT2D eigenvalue weighted by Gasteiger charge is 2.07. The SMILES string of the molecule is O=C(O)Cn1cc[n+](Cc2ccccn2)c1. The molecule has 2 rings (SSSR count). The Kier molecular flexibility index (Phi) is 2.95. The third-order valence-corrected chi connectivity index (χ3v) is 2.13. The number of pyridine rings is 1. The van der Waals surface area contributed by atoms with Crippen molar-refractivity contribution in [2.75, 3.05) is 0 Å². The van der Waals surface area contributed by atoms with E-state index in [-0.39, 0.29) is 6.54 Å². The van der Waals surface area contributed by atoms with E-state index < -0.39 is 5.97 Å². The fourth-order valence-corrected chi connectivity index (χ4v) is 1.46. The van der Waals surface area contributed by atoms with Gasteiger partial charge in [-0.3, -0.25) is 4.98 Å². The Morgan fingerprint density at radius 3 is 3.06 bits per heavy atom. The summed E-state index contributed by atoms with van der Waals surface area (Å²) in [5.74, 6) is -0.847. The molecule has 0 aliphatic rings. The molecule has 0 atom stereocenters. The largest absolute Gasteiger partial charge is 0.478 e. The van der Waals surface area contributed by atoms with Crippen LogP contribution in [0.4, 0.5) is 0 Å². The number of rotatable bonds is 4. The van der Waals surface area contributed by atoms with E-state index in [4.69, 9.17) is 5.11 Å². The molecule has 0 aliphatic carbocycles. The van der Waals surface area contributed by atoms with Gasteiger partial charge in [0.2, 0.25) is 6.33 Å². The Morgan fingerprint density at radius 2 is 2.38 bits per heavy atom. The second kappa shape index (κ2) is 4.57. The van der Waals surface area contributed by atoms with Gasteiger partial charge in [-0.05, 0) is 12.1 Å². The number of nitrogens with zero attached hydrogens (tertiary/aromatic N) is 3. The lowest BCUT2D eigenvalue weighted by Gasteiger charge is -1.95. The van der Waals surface area contributed by atoms with Crippen molar-refractivity contribution in [1.82, 2.24) is 9.55 Å². The Bertz CT molecular complexity index is 479. The highest BCUT2D eigenvalue weighted by Crippen LogP contribution is 1.93. The van der Waals surface area contributed by atoms with Gasteiger partial charge >= 0.3 is 5.97 Å². The van der Waals surface area contributed by atoms with Crippen molar-refractivity contribution in [2.24, 2.45) is 0 Å². The number of hydrogen-bond acceptors (Lipinski definition) is 2. The van der Waals surface area contributed by atoms with E-state index in [0.29, 0.717) is 6.54 Å². The Balaban J connectivity index is 2.06. The molecule has 0 amide bonds. The predicted molar refractivity (Wildman–Crippen MR) is 55.6 cm³/mol. The van der Waals surface area contributed by atoms with Gasteiger partial charge in [0, 0.05) is 6.20 Å². The number of carbonyl (C=O) groups is 1. The number of aromatic nitrogens is 3. The molecule has 0 aromatic carbocycles. The minimum Gasteiger partial charge on any atom is -0.478 e. The maximum absolute atomic E-state index is 10.5. The van der Waals surface area contributed by atoms with E-state index in [1.165, 1.54) is 0 Å². The van der Waals surface area contributed by atoms with Gasteiger partial charge in [-0.1, -0.05) is 6.07 Å². The number of imidazole rings is 1. The van der Waals surface area contributed by atoms with E-state index in [9.17, 15) is 4.79 Å². The lowest BCUT2D eigenvalue weighted by Crippen LogP contribution is -2.32. The van der Waals surface area contributed by atoms with Crippen LogP contribution in [0.2, 0.25) is 0 Å². The number of hydrogen-bond donors (Lipinski definition) is 1. The van der Waals surface area contributed by atoms with Gasteiger partial charge < -0.3 is 5.11 Å². The molecule has 0 radical (unpaired) electrons. The normalized spacial score (nSPS) is 10.2. The van der Waals surface area contributed by atoms with Gasteiger partial charge in [-0.2, -0.15) is 0 Å². The van der Waals surface area contributed by atoms with Gasteiger partial charge in [0.05, 0.1) is 5.69 Å². The number of carboxylic acid groups (broad SMARTS) is 1. The lowest BCUT2D eigenvalue weighted by molar-refractivity contribution is -0.688. The standard InChI is InChI=1S/C11H11N3O2/c15-11(16)8-14-6-5-13(9-14)7-10-3-1-2-4-12-10/h1-6,9H,7-8H2/p+1. The molecule has 0 saturated carbocycles. The maximum atomic E-state index is 10.5. The predicted octanol–water partition coefficient (Wildman–Crippen LogP) is 0.303. The zero-order valence-corrected chi connectivity index (χ0v) is 8.65. The fourth-order valence-electron chi connectivity index (χ4n) is 1.46. The second-order valence-electron chi connectivity index (χ2n) is 3.47. The van der Waals surface area contributed by atoms with Gasteiger partial charge in [0.15, 0.2) is 6.54 Å². The summed E-state index contributed by atoms with van der Waals surface area (Å²) in [6.45, 7) is 0.628. The highest BCUT2D eigenvalue weighted by molar-refractivity contribution is 5.66. The van der Waals surface area contributed by atoms with Crippen molar-refractivity contribution in [1.29, 1.82) is 0 Å². The van der Waals surface area contributed by atoms with Crippen LogP contribution in [0.3, 0.4) is 0 Å². The summed E-state index contributed by atoms with van der Waals surface area (Å²) in [4.78, 5) is 14.7. The molecule has 0 unspecified atom stereocenters. The van der Waals surface area contributed by atoms with Crippen LogP contribution in [-0.4, -0.2) is 20.6 Å². The topological polar surface area (TPSA) is 59.0 Å². The van der Waals surface area contributed by atoms with Crippen LogP contribution >= 0.6 is 0 Å². The Labute approximate surface area is 92.6 Å². The summed E-state index contributed by atoms with van der Waals surface area (Å²) >= 11 is 0. The molecule has 1 N–H and O–H groups in total. The van der Waals surface area contributed by atoms with Crippen molar-refractivity contribution >= 4 is 5.97 Å². The molecule has 5 nitrogen and oxygen atoms in total. The second-order valence-corrected chi connectivity index (χ2v) is 3.47. The summed E-state index contributed by atoms with van der Waals surface area (Å²) in [5, 5.41) is 8.62. The molecule has 2 heterocycles. The first-order chi connectivity index (χ1) is 7.74. The molecule has 82 valence electrons. The molecule has 2 aromatic rings. The summed E-state index contributed by atoms with van der Waals surface area (Å²) in [6.07, 6.45) is 7.06. The summed E-state index contributed by atoms with van der Waals surface area (Å²) in [6, 6.07) is 5.72. The van der Waals surface area contributed by atoms with Gasteiger partial charge in [-0.15, -0.1) is 0 Å². The maximum Gasteiger partial charge on any atom is 0.346 e. The van der Waals surface area contributed by atoms with Crippen LogP contribution in [0.5, 0.6) is 0 Å². The third kappa shape index (κ3) is 2.66. The first kappa shape index (κ1) is 10.4. The minimum absolute atomic E-state index is 0.0186. The average Bonchev–Trinajstić information content (AvgIpc) is 2.66. The van der Waals surface area contributed by atoms with E-state index in [1.54, 1.807) is 23.3 Å². The van der Waals surface area contributed by atoms with Crippen molar-refractivity contribution in [3.05, 3.63) is 48.8 Å². The molecule has 0 bridgehead atoms.